The van der Waals surface area contributed by atoms with Crippen molar-refractivity contribution in [3.63, 3.8) is 0 Å². The standard InChI is InChI=1S/C23H20N8O3/c1-13-27-18(12-31(13)15-5-3-2-4-6-15)17-9-26-20-19(28-17)16(8-25-20)21(32)29-22(33)23(34)30-10-14(7-24)11-30/h2-6,8-9,12,14,22,33H,10-11H2,1H3,(H,25,26)(H,29,32)/t22-/m1/s1. The number of carbonyl (C=O) groups excluding carboxylic acids is 2. The zero-order valence-corrected chi connectivity index (χ0v) is 18.1. The van der Waals surface area contributed by atoms with Crippen molar-refractivity contribution in [2.24, 2.45) is 5.92 Å². The first-order valence-corrected chi connectivity index (χ1v) is 10.6. The van der Waals surface area contributed by atoms with Gasteiger partial charge in [0.1, 0.15) is 22.7 Å². The van der Waals surface area contributed by atoms with Crippen LogP contribution in [0.1, 0.15) is 16.2 Å². The van der Waals surface area contributed by atoms with Gasteiger partial charge in [0.05, 0.1) is 23.7 Å². The quantitative estimate of drug-likeness (QED) is 0.381. The summed E-state index contributed by atoms with van der Waals surface area (Å²) in [5.41, 5.74) is 2.82. The fourth-order valence-electron chi connectivity index (χ4n) is 3.81. The zero-order valence-electron chi connectivity index (χ0n) is 18.1. The Morgan fingerprint density at radius 3 is 2.74 bits per heavy atom. The number of likely N-dealkylation sites (tertiary alicyclic amines) is 1. The molecule has 0 bridgehead atoms. The first-order chi connectivity index (χ1) is 16.4. The number of aliphatic hydroxyl groups is 1. The number of aromatic amines is 1. The summed E-state index contributed by atoms with van der Waals surface area (Å²) in [5.74, 6) is -0.820. The van der Waals surface area contributed by atoms with Gasteiger partial charge >= 0.3 is 0 Å². The van der Waals surface area contributed by atoms with Crippen LogP contribution in [0, 0.1) is 24.2 Å². The van der Waals surface area contributed by atoms with Gasteiger partial charge in [0.25, 0.3) is 11.8 Å². The molecule has 1 saturated heterocycles. The molecule has 34 heavy (non-hydrogen) atoms. The minimum atomic E-state index is -1.72. The summed E-state index contributed by atoms with van der Waals surface area (Å²) in [7, 11) is 0. The minimum absolute atomic E-state index is 0.133. The number of rotatable bonds is 5. The van der Waals surface area contributed by atoms with E-state index in [0.29, 0.717) is 17.0 Å². The number of aryl methyl sites for hydroxylation is 1. The largest absolute Gasteiger partial charge is 0.365 e. The van der Waals surface area contributed by atoms with Crippen LogP contribution < -0.4 is 5.32 Å². The molecule has 1 atom stereocenters. The number of nitrogens with zero attached hydrogens (tertiary/aromatic N) is 6. The molecule has 0 radical (unpaired) electrons. The number of hydrogen-bond acceptors (Lipinski definition) is 7. The molecule has 11 nitrogen and oxygen atoms in total. The molecule has 3 aromatic heterocycles. The van der Waals surface area contributed by atoms with Crippen LogP contribution in [0.5, 0.6) is 0 Å². The summed E-state index contributed by atoms with van der Waals surface area (Å²) in [4.78, 5) is 42.7. The molecule has 1 aliphatic heterocycles. The van der Waals surface area contributed by atoms with E-state index in [2.05, 4.69) is 31.3 Å². The van der Waals surface area contributed by atoms with Crippen molar-refractivity contribution in [1.82, 2.24) is 34.7 Å². The summed E-state index contributed by atoms with van der Waals surface area (Å²) in [6.07, 6.45) is 3.10. The van der Waals surface area contributed by atoms with Crippen LogP contribution in [0.15, 0.2) is 48.9 Å². The van der Waals surface area contributed by atoms with Crippen LogP contribution in [0.2, 0.25) is 0 Å². The van der Waals surface area contributed by atoms with Gasteiger partial charge in [-0.15, -0.1) is 0 Å². The second-order valence-corrected chi connectivity index (χ2v) is 7.98. The first kappa shape index (κ1) is 21.3. The second kappa shape index (κ2) is 8.42. The van der Waals surface area contributed by atoms with Gasteiger partial charge in [0.15, 0.2) is 5.65 Å². The lowest BCUT2D eigenvalue weighted by Crippen LogP contribution is -2.56. The molecule has 0 aliphatic carbocycles. The highest BCUT2D eigenvalue weighted by Crippen LogP contribution is 2.23. The van der Waals surface area contributed by atoms with E-state index in [9.17, 15) is 14.7 Å². The van der Waals surface area contributed by atoms with Crippen molar-refractivity contribution in [3.8, 4) is 23.1 Å². The first-order valence-electron chi connectivity index (χ1n) is 10.6. The maximum Gasteiger partial charge on any atom is 0.272 e. The van der Waals surface area contributed by atoms with Gasteiger partial charge in [-0.25, -0.2) is 15.0 Å². The monoisotopic (exact) mass is 456 g/mol. The maximum atomic E-state index is 12.8. The summed E-state index contributed by atoms with van der Waals surface area (Å²) in [6.45, 7) is 2.35. The minimum Gasteiger partial charge on any atom is -0.365 e. The average Bonchev–Trinajstić information content (AvgIpc) is 3.42. The maximum absolute atomic E-state index is 12.8. The number of nitriles is 1. The molecule has 4 aromatic rings. The number of benzene rings is 1. The predicted molar refractivity (Wildman–Crippen MR) is 120 cm³/mol. The van der Waals surface area contributed by atoms with Gasteiger partial charge in [-0.05, 0) is 19.1 Å². The number of fused-ring (bicyclic) bond motifs is 1. The van der Waals surface area contributed by atoms with Crippen molar-refractivity contribution in [1.29, 1.82) is 5.26 Å². The number of hydrogen-bond donors (Lipinski definition) is 3. The average molecular weight is 456 g/mol. The third-order valence-corrected chi connectivity index (χ3v) is 5.68. The third kappa shape index (κ3) is 3.76. The molecule has 4 heterocycles. The van der Waals surface area contributed by atoms with E-state index in [1.165, 1.54) is 11.1 Å². The van der Waals surface area contributed by atoms with Crippen LogP contribution in [0.4, 0.5) is 0 Å². The second-order valence-electron chi connectivity index (χ2n) is 7.98. The van der Waals surface area contributed by atoms with Gasteiger partial charge in [-0.2, -0.15) is 5.26 Å². The number of carbonyl (C=O) groups is 2. The van der Waals surface area contributed by atoms with Gasteiger partial charge in [-0.3, -0.25) is 9.59 Å². The van der Waals surface area contributed by atoms with E-state index in [0.717, 1.165) is 11.5 Å². The van der Waals surface area contributed by atoms with Crippen molar-refractivity contribution in [3.05, 3.63) is 60.3 Å². The van der Waals surface area contributed by atoms with E-state index in [-0.39, 0.29) is 30.1 Å². The smallest absolute Gasteiger partial charge is 0.272 e. The van der Waals surface area contributed by atoms with Gasteiger partial charge < -0.3 is 24.9 Å². The Hall–Kier alpha value is -4.56. The van der Waals surface area contributed by atoms with Gasteiger partial charge in [0, 0.05) is 31.2 Å². The van der Waals surface area contributed by atoms with Gasteiger partial charge in [-0.1, -0.05) is 18.2 Å². The molecule has 1 aliphatic rings. The van der Waals surface area contributed by atoms with Crippen molar-refractivity contribution in [2.75, 3.05) is 13.1 Å². The van der Waals surface area contributed by atoms with Gasteiger partial charge in [0.2, 0.25) is 6.23 Å². The number of para-hydroxylation sites is 1. The summed E-state index contributed by atoms with van der Waals surface area (Å²) in [6, 6.07) is 11.8. The summed E-state index contributed by atoms with van der Waals surface area (Å²) < 4.78 is 1.93. The van der Waals surface area contributed by atoms with Crippen LogP contribution in [-0.2, 0) is 4.79 Å². The predicted octanol–water partition coefficient (Wildman–Crippen LogP) is 1.15. The van der Waals surface area contributed by atoms with Crippen LogP contribution in [-0.4, -0.2) is 65.6 Å². The molecular weight excluding hydrogens is 436 g/mol. The Morgan fingerprint density at radius 2 is 2.00 bits per heavy atom. The van der Waals surface area contributed by atoms with Crippen LogP contribution >= 0.6 is 0 Å². The lowest BCUT2D eigenvalue weighted by molar-refractivity contribution is -0.146. The molecule has 0 saturated carbocycles. The topological polar surface area (TPSA) is 153 Å². The summed E-state index contributed by atoms with van der Waals surface area (Å²) >= 11 is 0. The third-order valence-electron chi connectivity index (χ3n) is 5.68. The number of nitrogens with one attached hydrogen (secondary N) is 2. The molecule has 5 rings (SSSR count). The SMILES string of the molecule is Cc1nc(-c2cnc3[nH]cc(C(=O)N[C@H](O)C(=O)N4CC(C#N)C4)c3n2)cn1-c1ccccc1. The molecule has 0 unspecified atom stereocenters. The molecule has 1 aromatic carbocycles. The highest BCUT2D eigenvalue weighted by molar-refractivity contribution is 6.06. The van der Waals surface area contributed by atoms with E-state index < -0.39 is 18.0 Å². The Bertz CT molecular complexity index is 1430. The fourth-order valence-corrected chi connectivity index (χ4v) is 3.81. The van der Waals surface area contributed by atoms with Crippen molar-refractivity contribution in [2.45, 2.75) is 13.2 Å². The number of aliphatic hydroxyl groups excluding tert-OH is 1. The van der Waals surface area contributed by atoms with E-state index in [1.54, 1.807) is 6.20 Å². The molecule has 170 valence electrons. The van der Waals surface area contributed by atoms with E-state index in [1.807, 2.05) is 48.0 Å². The van der Waals surface area contributed by atoms with E-state index in [4.69, 9.17) is 5.26 Å². The molecule has 1 fully saturated rings. The highest BCUT2D eigenvalue weighted by Gasteiger charge is 2.34. The fraction of sp³-hybridized carbons (Fsp3) is 0.217. The van der Waals surface area contributed by atoms with Crippen LogP contribution in [0.3, 0.4) is 0 Å². The number of imidazole rings is 1. The Balaban J connectivity index is 1.38. The molecule has 3 N–H and O–H groups in total. The van der Waals surface area contributed by atoms with Crippen molar-refractivity contribution >= 4 is 23.0 Å². The Morgan fingerprint density at radius 1 is 1.24 bits per heavy atom. The molecule has 0 spiro atoms. The number of H-pyrrole nitrogens is 1. The summed E-state index contributed by atoms with van der Waals surface area (Å²) in [5, 5.41) is 21.3. The Labute approximate surface area is 193 Å². The van der Waals surface area contributed by atoms with Crippen LogP contribution in [0.25, 0.3) is 28.2 Å². The highest BCUT2D eigenvalue weighted by atomic mass is 16.3. The number of aromatic nitrogens is 5. The zero-order chi connectivity index (χ0) is 23.8. The Kier molecular flexibility index (Phi) is 5.27. The van der Waals surface area contributed by atoms with E-state index >= 15 is 0 Å². The normalized spacial score (nSPS) is 14.4. The van der Waals surface area contributed by atoms with Crippen molar-refractivity contribution < 1.29 is 14.7 Å². The lowest BCUT2D eigenvalue weighted by atomic mass is 10.0. The lowest BCUT2D eigenvalue weighted by Gasteiger charge is -2.36. The molecular formula is C23H20N8O3. The number of amides is 2. The molecule has 2 amide bonds. The molecule has 11 heteroatoms.